The summed E-state index contributed by atoms with van der Waals surface area (Å²) in [4.78, 5) is 0. The summed E-state index contributed by atoms with van der Waals surface area (Å²) in [6.07, 6.45) is 0. The van der Waals surface area contributed by atoms with Crippen LogP contribution in [0.3, 0.4) is 0 Å². The van der Waals surface area contributed by atoms with Gasteiger partial charge in [0.25, 0.3) is 0 Å². The maximum Gasteiger partial charge on any atom is 0.335 e. The highest BCUT2D eigenvalue weighted by molar-refractivity contribution is 7.51. The molecular weight excluding hydrogens is 404 g/mol. The fourth-order valence-corrected chi connectivity index (χ4v) is 2.74. The molecule has 0 aromatic heterocycles. The minimum absolute atomic E-state index is 0.699. The molecule has 0 unspecified atom stereocenters. The Bertz CT molecular complexity index is 1090. The van der Waals surface area contributed by atoms with Gasteiger partial charge in [0, 0.05) is 0 Å². The summed E-state index contributed by atoms with van der Waals surface area (Å²) >= 11 is -0.750. The second-order valence-corrected chi connectivity index (χ2v) is 6.31. The third-order valence-electron chi connectivity index (χ3n) is 4.24. The lowest BCUT2D eigenvalue weighted by Crippen LogP contribution is -1.77. The second kappa shape index (κ2) is 13.0. The van der Waals surface area contributed by atoms with E-state index in [9.17, 15) is 0 Å². The fourth-order valence-electron chi connectivity index (χ4n) is 2.74. The van der Waals surface area contributed by atoms with Gasteiger partial charge < -0.3 is 0 Å². The molecule has 0 saturated carbocycles. The number of hydrogen-bond acceptors (Lipinski definition) is 4. The number of nitrogens with zero attached hydrogens (tertiary/aromatic N) is 2. The number of benzene rings is 4. The molecule has 4 rings (SSSR count). The monoisotopic (exact) mass is 422 g/mol. The van der Waals surface area contributed by atoms with Crippen molar-refractivity contribution < 1.29 is 8.42 Å². The van der Waals surface area contributed by atoms with Crippen LogP contribution in [0.25, 0.3) is 22.3 Å². The summed E-state index contributed by atoms with van der Waals surface area (Å²) in [5.74, 6) is 0. The Hall–Kier alpha value is -4.32. The lowest BCUT2D eigenvalue weighted by Gasteiger charge is -1.99. The van der Waals surface area contributed by atoms with Crippen LogP contribution in [0.4, 0.5) is 0 Å². The Morgan fingerprint density at radius 3 is 0.968 bits per heavy atom. The Balaban J connectivity index is 0.000000196. The highest BCUT2D eigenvalue weighted by Crippen LogP contribution is 2.19. The molecule has 4 aromatic carbocycles. The van der Waals surface area contributed by atoms with Gasteiger partial charge in [0.15, 0.2) is 0 Å². The highest BCUT2D eigenvalue weighted by Gasteiger charge is 1.96. The Morgan fingerprint density at radius 2 is 0.710 bits per heavy atom. The van der Waals surface area contributed by atoms with Gasteiger partial charge in [0.1, 0.15) is 0 Å². The van der Waals surface area contributed by atoms with Crippen molar-refractivity contribution in [1.29, 1.82) is 10.5 Å². The normalized spacial score (nSPS) is 8.84. The molecule has 0 bridgehead atoms. The van der Waals surface area contributed by atoms with Gasteiger partial charge >= 0.3 is 11.6 Å². The second-order valence-electron chi connectivity index (χ2n) is 6.18. The maximum atomic E-state index is 8.65. The van der Waals surface area contributed by atoms with Gasteiger partial charge in [-0.2, -0.15) is 18.9 Å². The Kier molecular flexibility index (Phi) is 9.63. The molecule has 0 saturated heterocycles. The molecule has 4 aromatic rings. The van der Waals surface area contributed by atoms with Gasteiger partial charge in [-0.05, 0) is 46.5 Å². The maximum absolute atomic E-state index is 8.65. The third kappa shape index (κ3) is 7.55. The van der Waals surface area contributed by atoms with Gasteiger partial charge in [-0.25, -0.2) is 0 Å². The number of hydrogen-bond donors (Lipinski definition) is 0. The van der Waals surface area contributed by atoms with E-state index >= 15 is 0 Å². The first-order valence-electron chi connectivity index (χ1n) is 9.24. The van der Waals surface area contributed by atoms with Crippen LogP contribution >= 0.6 is 0 Å². The smallest absolute Gasteiger partial charge is 0.192 e. The molecule has 0 spiro atoms. The van der Waals surface area contributed by atoms with Crippen molar-refractivity contribution >= 4 is 11.6 Å². The topological polar surface area (TPSA) is 81.7 Å². The van der Waals surface area contributed by atoms with E-state index in [2.05, 4.69) is 36.4 Å². The van der Waals surface area contributed by atoms with E-state index in [1.165, 1.54) is 11.1 Å². The lowest BCUT2D eigenvalue weighted by molar-refractivity contribution is 0.630. The summed E-state index contributed by atoms with van der Waals surface area (Å²) in [6.45, 7) is 0. The Labute approximate surface area is 185 Å². The summed E-state index contributed by atoms with van der Waals surface area (Å²) in [5.41, 5.74) is 6.04. The summed E-state index contributed by atoms with van der Waals surface area (Å²) in [5, 5.41) is 17.3. The van der Waals surface area contributed by atoms with E-state index in [0.717, 1.165) is 11.1 Å². The van der Waals surface area contributed by atoms with Crippen LogP contribution in [0.15, 0.2) is 109 Å². The quantitative estimate of drug-likeness (QED) is 0.410. The van der Waals surface area contributed by atoms with E-state index in [-0.39, 0.29) is 0 Å². The van der Waals surface area contributed by atoms with E-state index < -0.39 is 11.6 Å². The first-order chi connectivity index (χ1) is 15.2. The van der Waals surface area contributed by atoms with Crippen LogP contribution in [0, 0.1) is 22.7 Å². The molecule has 4 nitrogen and oxygen atoms in total. The first-order valence-corrected chi connectivity index (χ1v) is 9.91. The molecule has 5 heteroatoms. The van der Waals surface area contributed by atoms with Crippen molar-refractivity contribution in [2.75, 3.05) is 0 Å². The van der Waals surface area contributed by atoms with Crippen LogP contribution < -0.4 is 0 Å². The standard InChI is InChI=1S/2C13H9N.O2S/c2*14-10-11-6-8-13(9-7-11)12-4-2-1-3-5-12;1-3-2/h2*1-9H;. The van der Waals surface area contributed by atoms with Gasteiger partial charge in [0.2, 0.25) is 0 Å². The molecule has 0 amide bonds. The van der Waals surface area contributed by atoms with Gasteiger partial charge in [-0.3, -0.25) is 0 Å². The summed E-state index contributed by atoms with van der Waals surface area (Å²) in [7, 11) is 0. The van der Waals surface area contributed by atoms with Crippen molar-refractivity contribution in [3.05, 3.63) is 120 Å². The van der Waals surface area contributed by atoms with Crippen molar-refractivity contribution in [3.63, 3.8) is 0 Å². The Morgan fingerprint density at radius 1 is 0.452 bits per heavy atom. The molecule has 0 N–H and O–H groups in total. The van der Waals surface area contributed by atoms with Crippen molar-refractivity contribution in [2.24, 2.45) is 0 Å². The van der Waals surface area contributed by atoms with E-state index in [0.29, 0.717) is 11.1 Å². The molecular formula is C26H18N2O2S. The van der Waals surface area contributed by atoms with Crippen LogP contribution in [0.5, 0.6) is 0 Å². The van der Waals surface area contributed by atoms with Gasteiger partial charge in [-0.1, -0.05) is 84.9 Å². The summed E-state index contributed by atoms with van der Waals surface area (Å²) < 4.78 is 16.6. The average molecular weight is 423 g/mol. The van der Waals surface area contributed by atoms with Crippen molar-refractivity contribution in [2.45, 2.75) is 0 Å². The highest BCUT2D eigenvalue weighted by atomic mass is 32.1. The molecule has 0 heterocycles. The zero-order valence-electron chi connectivity index (χ0n) is 16.5. The predicted octanol–water partition coefficient (Wildman–Crippen LogP) is 5.78. The molecule has 31 heavy (non-hydrogen) atoms. The molecule has 0 aliphatic rings. The van der Waals surface area contributed by atoms with Gasteiger partial charge in [0.05, 0.1) is 23.3 Å². The average Bonchev–Trinajstić information content (AvgIpc) is 2.86. The first kappa shape index (κ1) is 23.0. The summed E-state index contributed by atoms with van der Waals surface area (Å²) in [6, 6.07) is 39.7. The zero-order valence-corrected chi connectivity index (χ0v) is 17.3. The van der Waals surface area contributed by atoms with E-state index in [1.807, 2.05) is 84.9 Å². The van der Waals surface area contributed by atoms with Crippen molar-refractivity contribution in [1.82, 2.24) is 0 Å². The molecule has 0 fully saturated rings. The lowest BCUT2D eigenvalue weighted by atomic mass is 10.0. The van der Waals surface area contributed by atoms with E-state index in [4.69, 9.17) is 18.9 Å². The minimum Gasteiger partial charge on any atom is -0.192 e. The molecule has 0 radical (unpaired) electrons. The molecule has 0 aliphatic carbocycles. The third-order valence-corrected chi connectivity index (χ3v) is 4.24. The largest absolute Gasteiger partial charge is 0.335 e. The van der Waals surface area contributed by atoms with Crippen LogP contribution in [0.2, 0.25) is 0 Å². The van der Waals surface area contributed by atoms with Crippen LogP contribution in [-0.2, 0) is 11.6 Å². The molecule has 0 atom stereocenters. The predicted molar refractivity (Wildman–Crippen MR) is 122 cm³/mol. The SMILES string of the molecule is N#Cc1ccc(-c2ccccc2)cc1.N#Cc1ccc(-c2ccccc2)cc1.O=S=O. The minimum atomic E-state index is -0.750. The van der Waals surface area contributed by atoms with Crippen molar-refractivity contribution in [3.8, 4) is 34.4 Å². The van der Waals surface area contributed by atoms with Crippen LogP contribution in [-0.4, -0.2) is 8.42 Å². The van der Waals surface area contributed by atoms with Gasteiger partial charge in [-0.15, -0.1) is 0 Å². The van der Waals surface area contributed by atoms with Crippen LogP contribution in [0.1, 0.15) is 11.1 Å². The van der Waals surface area contributed by atoms with E-state index in [1.54, 1.807) is 0 Å². The molecule has 0 aliphatic heterocycles. The molecule has 150 valence electrons. The number of rotatable bonds is 2. The fraction of sp³-hybridized carbons (Fsp3) is 0. The number of nitriles is 2. The zero-order chi connectivity index (χ0) is 22.3.